The van der Waals surface area contributed by atoms with Crippen LogP contribution >= 0.6 is 11.3 Å². The van der Waals surface area contributed by atoms with E-state index in [1.807, 2.05) is 6.92 Å². The van der Waals surface area contributed by atoms with Crippen molar-refractivity contribution in [1.29, 1.82) is 0 Å². The number of hydrogen-bond donors (Lipinski definition) is 2. The molecule has 1 aromatic heterocycles. The summed E-state index contributed by atoms with van der Waals surface area (Å²) in [4.78, 5) is 13.5. The molecule has 3 N–H and O–H groups in total. The number of methoxy groups -OCH3 is 2. The van der Waals surface area contributed by atoms with Crippen LogP contribution in [0.25, 0.3) is 0 Å². The predicted octanol–water partition coefficient (Wildman–Crippen LogP) is 5.72. The fraction of sp³-hybridized carbons (Fsp3) is 0.148. The molecule has 0 bridgehead atoms. The summed E-state index contributed by atoms with van der Waals surface area (Å²) in [6.45, 7) is 1.99. The lowest BCUT2D eigenvalue weighted by atomic mass is 10.1. The Balaban J connectivity index is 1.89. The molecule has 0 aliphatic heterocycles. The number of rotatable bonds is 9. The molecular weight excluding hydrogens is 496 g/mol. The Morgan fingerprint density at radius 3 is 2.36 bits per heavy atom. The van der Waals surface area contributed by atoms with Gasteiger partial charge in [-0.1, -0.05) is 43.3 Å². The maximum absolute atomic E-state index is 13.8. The van der Waals surface area contributed by atoms with E-state index in [-0.39, 0.29) is 25.4 Å². The molecule has 0 fully saturated rings. The molecule has 0 unspecified atom stereocenters. The zero-order valence-corrected chi connectivity index (χ0v) is 21.7. The van der Waals surface area contributed by atoms with E-state index in [0.717, 1.165) is 23.3 Å². The topological polar surface area (TPSA) is 108 Å². The van der Waals surface area contributed by atoms with E-state index >= 15 is 0 Å². The van der Waals surface area contributed by atoms with Gasteiger partial charge in [-0.15, -0.1) is 11.3 Å². The van der Waals surface area contributed by atoms with Gasteiger partial charge in [-0.25, -0.2) is 8.42 Å². The minimum atomic E-state index is -4.07. The molecule has 0 aliphatic rings. The monoisotopic (exact) mass is 522 g/mol. The van der Waals surface area contributed by atoms with Crippen LogP contribution in [-0.4, -0.2) is 28.4 Å². The lowest BCUT2D eigenvalue weighted by molar-refractivity contribution is 0.104. The highest BCUT2D eigenvalue weighted by Crippen LogP contribution is 2.45. The summed E-state index contributed by atoms with van der Waals surface area (Å²) in [5, 5.41) is 3.36. The average Bonchev–Trinajstić information content (AvgIpc) is 3.24. The summed E-state index contributed by atoms with van der Waals surface area (Å²) in [6.07, 6.45) is 0.778. The Morgan fingerprint density at radius 2 is 1.69 bits per heavy atom. The van der Waals surface area contributed by atoms with Crippen LogP contribution in [0.1, 0.15) is 27.7 Å². The number of thiophene rings is 1. The van der Waals surface area contributed by atoms with E-state index in [1.54, 1.807) is 72.8 Å². The van der Waals surface area contributed by atoms with Gasteiger partial charge in [0.05, 0.1) is 30.5 Å². The molecule has 0 radical (unpaired) electrons. The van der Waals surface area contributed by atoms with Gasteiger partial charge in [0, 0.05) is 5.56 Å². The highest BCUT2D eigenvalue weighted by Gasteiger charge is 2.32. The number of ether oxygens (including phenoxy) is 2. The van der Waals surface area contributed by atoms with E-state index in [4.69, 9.17) is 15.2 Å². The molecule has 0 aliphatic carbocycles. The van der Waals surface area contributed by atoms with Crippen LogP contribution in [0.15, 0.2) is 82.6 Å². The van der Waals surface area contributed by atoms with E-state index in [9.17, 15) is 13.2 Å². The third-order valence-electron chi connectivity index (χ3n) is 5.70. The molecular formula is C27H26N2O5S2. The smallest absolute Gasteiger partial charge is 0.211 e. The highest BCUT2D eigenvalue weighted by molar-refractivity contribution is 7.92. The van der Waals surface area contributed by atoms with Crippen molar-refractivity contribution in [2.45, 2.75) is 23.1 Å². The number of ketones is 1. The lowest BCUT2D eigenvalue weighted by Crippen LogP contribution is -2.08. The van der Waals surface area contributed by atoms with Gasteiger partial charge in [0.25, 0.3) is 0 Å². The number of carbonyl (C=O) groups is 1. The van der Waals surface area contributed by atoms with Crippen molar-refractivity contribution in [3.8, 4) is 11.5 Å². The van der Waals surface area contributed by atoms with Crippen LogP contribution in [0, 0.1) is 0 Å². The highest BCUT2D eigenvalue weighted by atomic mass is 32.2. The van der Waals surface area contributed by atoms with Crippen LogP contribution in [0.4, 0.5) is 16.4 Å². The van der Waals surface area contributed by atoms with Gasteiger partial charge in [-0.2, -0.15) is 0 Å². The summed E-state index contributed by atoms with van der Waals surface area (Å²) in [7, 11) is -1.04. The van der Waals surface area contributed by atoms with Crippen molar-refractivity contribution in [2.75, 3.05) is 25.3 Å². The second kappa shape index (κ2) is 10.4. The van der Waals surface area contributed by atoms with Crippen LogP contribution in [0.2, 0.25) is 0 Å². The van der Waals surface area contributed by atoms with Crippen molar-refractivity contribution < 1.29 is 22.7 Å². The molecule has 0 atom stereocenters. The lowest BCUT2D eigenvalue weighted by Gasteiger charge is -2.12. The molecule has 9 heteroatoms. The Kier molecular flexibility index (Phi) is 7.32. The molecule has 7 nitrogen and oxygen atoms in total. The van der Waals surface area contributed by atoms with Gasteiger partial charge >= 0.3 is 0 Å². The molecule has 0 saturated carbocycles. The van der Waals surface area contributed by atoms with Crippen LogP contribution in [-0.2, 0) is 16.3 Å². The van der Waals surface area contributed by atoms with Crippen molar-refractivity contribution in [3.63, 3.8) is 0 Å². The number of para-hydroxylation sites is 2. The zero-order valence-electron chi connectivity index (χ0n) is 20.1. The summed E-state index contributed by atoms with van der Waals surface area (Å²) in [5.41, 5.74) is 8.20. The van der Waals surface area contributed by atoms with E-state index in [2.05, 4.69) is 5.32 Å². The second-order valence-corrected chi connectivity index (χ2v) is 10.8. The van der Waals surface area contributed by atoms with E-state index in [0.29, 0.717) is 22.7 Å². The van der Waals surface area contributed by atoms with E-state index < -0.39 is 15.6 Å². The maximum Gasteiger partial charge on any atom is 0.211 e. The number of nitrogens with two attached hydrogens (primary N) is 1. The Morgan fingerprint density at radius 1 is 0.972 bits per heavy atom. The minimum Gasteiger partial charge on any atom is -0.497 e. The number of aryl methyl sites for hydroxylation is 1. The molecule has 3 aromatic carbocycles. The van der Waals surface area contributed by atoms with Gasteiger partial charge in [-0.3, -0.25) is 4.79 Å². The first-order valence-electron chi connectivity index (χ1n) is 11.1. The standard InChI is InChI=1S/C27H26N2O5S2/c1-4-17-12-14-20(15-13-17)36(31,32)26-23(28)25(24(30)18-8-7-9-19(16-18)33-2)35-27(26)29-21-10-5-6-11-22(21)34-3/h5-16,29H,4,28H2,1-3H3. The Bertz CT molecular complexity index is 1510. The summed E-state index contributed by atoms with van der Waals surface area (Å²) >= 11 is 0.985. The van der Waals surface area contributed by atoms with Gasteiger partial charge in [-0.05, 0) is 48.4 Å². The Hall–Kier alpha value is -3.82. The number of carbonyl (C=O) groups excluding carboxylic acids is 1. The predicted molar refractivity (Wildman–Crippen MR) is 143 cm³/mol. The Labute approximate surface area is 214 Å². The summed E-state index contributed by atoms with van der Waals surface area (Å²) in [5.74, 6) is 0.621. The fourth-order valence-electron chi connectivity index (χ4n) is 3.73. The SMILES string of the molecule is CCc1ccc(S(=O)(=O)c2c(Nc3ccccc3OC)sc(C(=O)c3cccc(OC)c3)c2N)cc1. The first kappa shape index (κ1) is 25.3. The number of anilines is 3. The molecule has 0 amide bonds. The third kappa shape index (κ3) is 4.80. The first-order chi connectivity index (χ1) is 17.3. The molecule has 36 heavy (non-hydrogen) atoms. The maximum atomic E-state index is 13.8. The zero-order chi connectivity index (χ0) is 25.9. The van der Waals surface area contributed by atoms with Gasteiger partial charge in [0.2, 0.25) is 15.6 Å². The summed E-state index contributed by atoms with van der Waals surface area (Å²) in [6, 6.07) is 20.4. The van der Waals surface area contributed by atoms with Gasteiger partial charge < -0.3 is 20.5 Å². The second-order valence-electron chi connectivity index (χ2n) is 7.89. The number of nitrogens with one attached hydrogen (secondary N) is 1. The van der Waals surface area contributed by atoms with Crippen LogP contribution in [0.3, 0.4) is 0 Å². The van der Waals surface area contributed by atoms with Gasteiger partial charge in [0.1, 0.15) is 26.3 Å². The van der Waals surface area contributed by atoms with Crippen molar-refractivity contribution in [3.05, 3.63) is 88.8 Å². The van der Waals surface area contributed by atoms with E-state index in [1.165, 1.54) is 14.2 Å². The number of nitrogen functional groups attached to an aromatic ring is 1. The summed E-state index contributed by atoms with van der Waals surface area (Å²) < 4.78 is 38.3. The first-order valence-corrected chi connectivity index (χ1v) is 13.4. The average molecular weight is 523 g/mol. The third-order valence-corrected chi connectivity index (χ3v) is 8.81. The quantitative estimate of drug-likeness (QED) is 0.271. The van der Waals surface area contributed by atoms with Crippen molar-refractivity contribution >= 4 is 43.3 Å². The van der Waals surface area contributed by atoms with Crippen molar-refractivity contribution in [2.24, 2.45) is 0 Å². The number of sulfone groups is 1. The molecule has 186 valence electrons. The normalized spacial score (nSPS) is 11.2. The minimum absolute atomic E-state index is 0.0904. The van der Waals surface area contributed by atoms with Crippen LogP contribution < -0.4 is 20.5 Å². The molecule has 1 heterocycles. The number of hydrogen-bond acceptors (Lipinski definition) is 8. The fourth-order valence-corrected chi connectivity index (χ4v) is 6.66. The van der Waals surface area contributed by atoms with Crippen molar-refractivity contribution in [1.82, 2.24) is 0 Å². The van der Waals surface area contributed by atoms with Crippen LogP contribution in [0.5, 0.6) is 11.5 Å². The largest absolute Gasteiger partial charge is 0.497 e. The number of benzene rings is 3. The molecule has 0 saturated heterocycles. The molecule has 0 spiro atoms. The van der Waals surface area contributed by atoms with Gasteiger partial charge in [0.15, 0.2) is 0 Å². The molecule has 4 aromatic rings. The molecule has 4 rings (SSSR count).